The van der Waals surface area contributed by atoms with E-state index in [9.17, 15) is 4.79 Å². The van der Waals surface area contributed by atoms with Crippen molar-refractivity contribution >= 4 is 41.0 Å². The van der Waals surface area contributed by atoms with Crippen LogP contribution in [-0.4, -0.2) is 34.3 Å². The Morgan fingerprint density at radius 1 is 1.00 bits per heavy atom. The molecule has 0 saturated heterocycles. The van der Waals surface area contributed by atoms with Gasteiger partial charge >= 0.3 is 5.97 Å². The summed E-state index contributed by atoms with van der Waals surface area (Å²) in [5.74, 6) is 2.10. The first-order chi connectivity index (χ1) is 16.9. The Morgan fingerprint density at radius 3 is 2.47 bits per heavy atom. The van der Waals surface area contributed by atoms with Crippen molar-refractivity contribution in [3.63, 3.8) is 0 Å². The second-order valence-electron chi connectivity index (χ2n) is 8.12. The molecule has 190 valence electrons. The molecule has 1 N–H and O–H groups in total. The molecule has 0 spiro atoms. The zero-order chi connectivity index (χ0) is 24.8. The summed E-state index contributed by atoms with van der Waals surface area (Å²) in [5.41, 5.74) is 3.69. The lowest BCUT2D eigenvalue weighted by molar-refractivity contribution is -0.136. The number of ether oxygens (including phenoxy) is 3. The van der Waals surface area contributed by atoms with Gasteiger partial charge in [0, 0.05) is 37.0 Å². The van der Waals surface area contributed by atoms with Gasteiger partial charge in [0.25, 0.3) is 0 Å². The van der Waals surface area contributed by atoms with Gasteiger partial charge in [-0.1, -0.05) is 29.8 Å². The van der Waals surface area contributed by atoms with E-state index in [0.29, 0.717) is 42.6 Å². The number of hydrogen-bond acceptors (Lipinski definition) is 5. The van der Waals surface area contributed by atoms with Crippen molar-refractivity contribution in [2.45, 2.75) is 25.9 Å². The number of aryl methyl sites for hydroxylation is 2. The molecule has 0 aliphatic rings. The molecule has 0 bridgehead atoms. The highest BCUT2D eigenvalue weighted by atomic mass is 35.5. The largest absolute Gasteiger partial charge is 0.497 e. The first-order valence-electron chi connectivity index (χ1n) is 11.3. The normalized spacial score (nSPS) is 10.6. The van der Waals surface area contributed by atoms with Crippen LogP contribution in [0.4, 0.5) is 0 Å². The Bertz CT molecular complexity index is 1320. The first kappa shape index (κ1) is 27.2. The number of aliphatic carboxylic acids is 1. The molecule has 0 atom stereocenters. The fourth-order valence-electron chi connectivity index (χ4n) is 3.78. The lowest BCUT2D eigenvalue weighted by Crippen LogP contribution is -2.07. The van der Waals surface area contributed by atoms with Crippen molar-refractivity contribution in [3.05, 3.63) is 82.6 Å². The number of rotatable bonds is 11. The number of halogens is 2. The lowest BCUT2D eigenvalue weighted by Gasteiger charge is -2.14. The summed E-state index contributed by atoms with van der Waals surface area (Å²) >= 11 is 5.96. The third kappa shape index (κ3) is 6.83. The molecular formula is C27H28Cl2N2O5. The highest BCUT2D eigenvalue weighted by Crippen LogP contribution is 2.28. The highest BCUT2D eigenvalue weighted by molar-refractivity contribution is 6.30. The summed E-state index contributed by atoms with van der Waals surface area (Å²) in [6, 6.07) is 18.7. The van der Waals surface area contributed by atoms with E-state index in [1.54, 1.807) is 7.11 Å². The van der Waals surface area contributed by atoms with Crippen LogP contribution in [-0.2, 0) is 31.3 Å². The van der Waals surface area contributed by atoms with Crippen LogP contribution in [0.25, 0.3) is 11.0 Å². The van der Waals surface area contributed by atoms with Gasteiger partial charge in [-0.25, -0.2) is 4.98 Å². The molecule has 3 aromatic carbocycles. The maximum Gasteiger partial charge on any atom is 0.303 e. The van der Waals surface area contributed by atoms with Gasteiger partial charge in [-0.15, -0.1) is 12.4 Å². The van der Waals surface area contributed by atoms with Crippen molar-refractivity contribution in [2.24, 2.45) is 7.05 Å². The molecule has 0 fully saturated rings. The fourth-order valence-corrected chi connectivity index (χ4v) is 3.91. The molecule has 0 amide bonds. The number of nitrogens with zero attached hydrogens (tertiary/aromatic N) is 2. The summed E-state index contributed by atoms with van der Waals surface area (Å²) in [4.78, 5) is 15.8. The zero-order valence-electron chi connectivity index (χ0n) is 20.1. The molecule has 0 saturated carbocycles. The zero-order valence-corrected chi connectivity index (χ0v) is 21.6. The molecule has 4 rings (SSSR count). The maximum atomic E-state index is 11.1. The topological polar surface area (TPSA) is 82.8 Å². The molecule has 0 aliphatic carbocycles. The Labute approximate surface area is 221 Å². The van der Waals surface area contributed by atoms with Gasteiger partial charge in [0.15, 0.2) is 0 Å². The molecule has 9 heteroatoms. The van der Waals surface area contributed by atoms with Gasteiger partial charge in [-0.2, -0.15) is 0 Å². The summed E-state index contributed by atoms with van der Waals surface area (Å²) in [6.07, 6.45) is 1.01. The summed E-state index contributed by atoms with van der Waals surface area (Å²) in [5, 5.41) is 9.75. The van der Waals surface area contributed by atoms with Crippen LogP contribution >= 0.6 is 24.0 Å². The minimum Gasteiger partial charge on any atom is -0.497 e. The van der Waals surface area contributed by atoms with Crippen LogP contribution in [0.5, 0.6) is 17.2 Å². The third-order valence-corrected chi connectivity index (χ3v) is 5.98. The summed E-state index contributed by atoms with van der Waals surface area (Å²) in [6.45, 7) is 0.767. The molecule has 1 aromatic heterocycles. The molecule has 0 radical (unpaired) electrons. The van der Waals surface area contributed by atoms with E-state index >= 15 is 0 Å². The number of benzene rings is 3. The predicted octanol–water partition coefficient (Wildman–Crippen LogP) is 5.87. The van der Waals surface area contributed by atoms with Crippen molar-refractivity contribution in [1.82, 2.24) is 9.55 Å². The van der Waals surface area contributed by atoms with Gasteiger partial charge in [-0.05, 0) is 47.9 Å². The van der Waals surface area contributed by atoms with Gasteiger partial charge in [0.1, 0.15) is 29.7 Å². The van der Waals surface area contributed by atoms with Crippen LogP contribution in [0.3, 0.4) is 0 Å². The monoisotopic (exact) mass is 530 g/mol. The average Bonchev–Trinajstić information content (AvgIpc) is 3.17. The molecule has 7 nitrogen and oxygen atoms in total. The Kier molecular flexibility index (Phi) is 9.44. The number of aromatic nitrogens is 2. The van der Waals surface area contributed by atoms with Gasteiger partial charge in [-0.3, -0.25) is 4.79 Å². The van der Waals surface area contributed by atoms with Crippen LogP contribution in [0, 0.1) is 0 Å². The molecular weight excluding hydrogens is 503 g/mol. The number of carbonyl (C=O) groups is 1. The van der Waals surface area contributed by atoms with E-state index in [1.807, 2.05) is 72.3 Å². The first-order valence-corrected chi connectivity index (χ1v) is 11.6. The van der Waals surface area contributed by atoms with E-state index in [4.69, 9.17) is 35.9 Å². The Morgan fingerprint density at radius 2 is 1.75 bits per heavy atom. The van der Waals surface area contributed by atoms with Crippen LogP contribution < -0.4 is 14.2 Å². The average molecular weight is 531 g/mol. The second-order valence-corrected chi connectivity index (χ2v) is 8.55. The minimum atomic E-state index is -0.853. The molecule has 4 aromatic rings. The Balaban J connectivity index is 0.00000361. The van der Waals surface area contributed by atoms with E-state index in [1.165, 1.54) is 0 Å². The van der Waals surface area contributed by atoms with Crippen molar-refractivity contribution in [1.29, 1.82) is 0 Å². The van der Waals surface area contributed by atoms with Crippen LogP contribution in [0.15, 0.2) is 60.7 Å². The van der Waals surface area contributed by atoms with Gasteiger partial charge < -0.3 is 23.9 Å². The quantitative estimate of drug-likeness (QED) is 0.261. The lowest BCUT2D eigenvalue weighted by atomic mass is 10.1. The molecule has 1 heterocycles. The number of carboxylic acids is 1. The number of methoxy groups -OCH3 is 1. The third-order valence-electron chi connectivity index (χ3n) is 5.73. The second kappa shape index (κ2) is 12.5. The van der Waals surface area contributed by atoms with Crippen molar-refractivity contribution < 1.29 is 24.1 Å². The van der Waals surface area contributed by atoms with Crippen molar-refractivity contribution in [3.8, 4) is 17.2 Å². The standard InChI is InChI=1S/C27H27ClN2O5.ClH/c1-30-24-15-21(33-2)10-11-23(24)29-26(30)13-14-34-22-9-5-19(6-12-27(31)32)25(16-22)35-17-18-3-7-20(28)8-4-18;/h3-5,7-11,15-16H,6,12-14,17H2,1-2H3,(H,31,32);1H. The predicted molar refractivity (Wildman–Crippen MR) is 142 cm³/mol. The number of carboxylic acid groups (broad SMARTS) is 1. The Hall–Kier alpha value is -3.42. The summed E-state index contributed by atoms with van der Waals surface area (Å²) < 4.78 is 19.4. The number of imidazole rings is 1. The number of fused-ring (bicyclic) bond motifs is 1. The SMILES string of the molecule is COc1ccc2nc(CCOc3ccc(CCC(=O)O)c(OCc4ccc(Cl)cc4)c3)n(C)c2c1.Cl. The van der Waals surface area contributed by atoms with E-state index < -0.39 is 5.97 Å². The smallest absolute Gasteiger partial charge is 0.303 e. The van der Waals surface area contributed by atoms with E-state index in [0.717, 1.165) is 33.7 Å². The van der Waals surface area contributed by atoms with Crippen LogP contribution in [0.1, 0.15) is 23.4 Å². The minimum absolute atomic E-state index is 0. The van der Waals surface area contributed by atoms with Gasteiger partial charge in [0.2, 0.25) is 0 Å². The van der Waals surface area contributed by atoms with Crippen molar-refractivity contribution in [2.75, 3.05) is 13.7 Å². The fraction of sp³-hybridized carbons (Fsp3) is 0.259. The molecule has 0 unspecified atom stereocenters. The molecule has 0 aliphatic heterocycles. The van der Waals surface area contributed by atoms with E-state index in [2.05, 4.69) is 0 Å². The molecule has 36 heavy (non-hydrogen) atoms. The summed E-state index contributed by atoms with van der Waals surface area (Å²) in [7, 11) is 3.62. The highest BCUT2D eigenvalue weighted by Gasteiger charge is 2.12. The maximum absolute atomic E-state index is 11.1. The van der Waals surface area contributed by atoms with E-state index in [-0.39, 0.29) is 18.8 Å². The van der Waals surface area contributed by atoms with Gasteiger partial charge in [0.05, 0.1) is 24.8 Å². The van der Waals surface area contributed by atoms with Crippen LogP contribution in [0.2, 0.25) is 5.02 Å². The number of hydrogen-bond donors (Lipinski definition) is 1.